The zero-order valence-corrected chi connectivity index (χ0v) is 14.3. The number of pyridine rings is 1. The largest absolute Gasteiger partial charge is 0.392 e. The molecule has 0 spiro atoms. The number of hydrogen-bond donors (Lipinski definition) is 2. The maximum absolute atomic E-state index is 13.3. The maximum atomic E-state index is 13.3. The topological polar surface area (TPSA) is 71.3 Å². The summed E-state index contributed by atoms with van der Waals surface area (Å²) in [7, 11) is 0. The van der Waals surface area contributed by atoms with E-state index in [-0.39, 0.29) is 17.9 Å². The lowest BCUT2D eigenvalue weighted by molar-refractivity contribution is 0.101. The van der Waals surface area contributed by atoms with Crippen molar-refractivity contribution in [3.63, 3.8) is 0 Å². The normalized spacial score (nSPS) is 21.7. The van der Waals surface area contributed by atoms with Gasteiger partial charge in [-0.15, -0.1) is 0 Å². The van der Waals surface area contributed by atoms with E-state index in [0.717, 1.165) is 25.2 Å². The molecule has 5 nitrogen and oxygen atoms in total. The van der Waals surface area contributed by atoms with Gasteiger partial charge in [0.15, 0.2) is 5.78 Å². The van der Waals surface area contributed by atoms with Crippen LogP contribution in [0.2, 0.25) is 0 Å². The molecule has 5 heteroatoms. The van der Waals surface area contributed by atoms with Gasteiger partial charge in [-0.2, -0.15) is 0 Å². The van der Waals surface area contributed by atoms with Crippen LogP contribution in [0.4, 0.5) is 0 Å². The molecule has 130 valence electrons. The number of piperidine rings is 1. The summed E-state index contributed by atoms with van der Waals surface area (Å²) in [5, 5.41) is 13.3. The fraction of sp³-hybridized carbons (Fsp3) is 0.400. The van der Waals surface area contributed by atoms with E-state index >= 15 is 0 Å². The van der Waals surface area contributed by atoms with Gasteiger partial charge in [-0.05, 0) is 49.1 Å². The van der Waals surface area contributed by atoms with Crippen molar-refractivity contribution in [2.24, 2.45) is 5.92 Å². The Bertz CT molecular complexity index is 900. The van der Waals surface area contributed by atoms with Crippen LogP contribution in [-0.4, -0.2) is 28.5 Å². The number of carbonyl (C=O) groups excluding carboxylic acids is 1. The fourth-order valence-corrected chi connectivity index (χ4v) is 4.23. The van der Waals surface area contributed by atoms with Crippen molar-refractivity contribution in [2.75, 3.05) is 13.1 Å². The van der Waals surface area contributed by atoms with Crippen molar-refractivity contribution < 1.29 is 9.90 Å². The van der Waals surface area contributed by atoms with Gasteiger partial charge in [-0.25, -0.2) is 0 Å². The van der Waals surface area contributed by atoms with Crippen molar-refractivity contribution in [2.45, 2.75) is 32.4 Å². The van der Waals surface area contributed by atoms with E-state index in [1.165, 1.54) is 6.92 Å². The van der Waals surface area contributed by atoms with Gasteiger partial charge in [0.05, 0.1) is 12.2 Å². The van der Waals surface area contributed by atoms with Crippen molar-refractivity contribution in [3.8, 4) is 11.1 Å². The molecule has 0 amide bonds. The highest BCUT2D eigenvalue weighted by Crippen LogP contribution is 2.34. The molecule has 0 radical (unpaired) electrons. The highest BCUT2D eigenvalue weighted by molar-refractivity contribution is 5.95. The van der Waals surface area contributed by atoms with Crippen LogP contribution in [0.3, 0.4) is 0 Å². The molecule has 25 heavy (non-hydrogen) atoms. The van der Waals surface area contributed by atoms with Crippen molar-refractivity contribution in [1.29, 1.82) is 0 Å². The molecule has 2 atom stereocenters. The minimum Gasteiger partial charge on any atom is -0.392 e. The number of nitrogens with one attached hydrogen (secondary N) is 1. The smallest absolute Gasteiger partial charge is 0.259 e. The first-order valence-corrected chi connectivity index (χ1v) is 8.78. The average Bonchev–Trinajstić information content (AvgIpc) is 2.62. The molecule has 0 saturated carbocycles. The Balaban J connectivity index is 1.92. The molecule has 2 aliphatic heterocycles. The molecule has 1 aromatic heterocycles. The minimum atomic E-state index is -0.188. The highest BCUT2D eigenvalue weighted by atomic mass is 16.3. The molecular weight excluding hydrogens is 316 g/mol. The summed E-state index contributed by atoms with van der Waals surface area (Å²) in [5.74, 6) is 0.759. The lowest BCUT2D eigenvalue weighted by Gasteiger charge is -2.38. The van der Waals surface area contributed by atoms with Gasteiger partial charge < -0.3 is 15.0 Å². The van der Waals surface area contributed by atoms with Gasteiger partial charge in [0, 0.05) is 30.3 Å². The number of aromatic nitrogens is 1. The van der Waals surface area contributed by atoms with E-state index in [0.29, 0.717) is 40.6 Å². The van der Waals surface area contributed by atoms with Crippen molar-refractivity contribution in [1.82, 2.24) is 9.88 Å². The van der Waals surface area contributed by atoms with Crippen LogP contribution in [0.5, 0.6) is 0 Å². The molecule has 3 heterocycles. The van der Waals surface area contributed by atoms with Gasteiger partial charge in [-0.3, -0.25) is 9.59 Å². The maximum Gasteiger partial charge on any atom is 0.259 e. The molecule has 2 N–H and O–H groups in total. The molecule has 2 unspecified atom stereocenters. The first kappa shape index (κ1) is 16.2. The number of aliphatic hydroxyl groups excluding tert-OH is 1. The molecule has 1 fully saturated rings. The molecule has 1 aromatic carbocycles. The molecule has 4 rings (SSSR count). The Hall–Kier alpha value is -2.24. The van der Waals surface area contributed by atoms with Crippen molar-refractivity contribution in [3.05, 3.63) is 57.5 Å². The van der Waals surface area contributed by atoms with Crippen LogP contribution in [0.15, 0.2) is 35.1 Å². The SMILES string of the molecule is CC(=O)c1cccc(-c2c(CO)cc3n(c2=O)CC2CNCC3C2)c1. The van der Waals surface area contributed by atoms with Crippen LogP contribution in [0.1, 0.15) is 40.9 Å². The molecular formula is C20H22N2O3. The number of rotatable bonds is 3. The second-order valence-electron chi connectivity index (χ2n) is 7.14. The standard InChI is InChI=1S/C20H22N2O3/c1-12(24)14-3-2-4-15(6-14)19-17(11-23)7-18-16-5-13(8-21-9-16)10-22(18)20(19)25/h2-4,6-7,13,16,21,23H,5,8-11H2,1H3. The number of aliphatic hydroxyl groups is 1. The Kier molecular flexibility index (Phi) is 4.06. The Morgan fingerprint density at radius 3 is 2.92 bits per heavy atom. The van der Waals surface area contributed by atoms with Gasteiger partial charge in [0.2, 0.25) is 0 Å². The lowest BCUT2D eigenvalue weighted by atomic mass is 9.83. The third kappa shape index (κ3) is 2.73. The number of ketones is 1. The summed E-state index contributed by atoms with van der Waals surface area (Å²) in [5.41, 5.74) is 3.39. The third-order valence-electron chi connectivity index (χ3n) is 5.44. The molecule has 2 bridgehead atoms. The predicted octanol–water partition coefficient (Wildman–Crippen LogP) is 1.92. The first-order valence-electron chi connectivity index (χ1n) is 8.78. The second kappa shape index (κ2) is 6.24. The summed E-state index contributed by atoms with van der Waals surface area (Å²) in [6.45, 7) is 3.86. The number of nitrogens with zero attached hydrogens (tertiary/aromatic N) is 1. The fourth-order valence-electron chi connectivity index (χ4n) is 4.23. The van der Waals surface area contributed by atoms with Gasteiger partial charge in [0.25, 0.3) is 5.56 Å². The second-order valence-corrected chi connectivity index (χ2v) is 7.14. The number of Topliss-reactive ketones (excluding diaryl/α,β-unsaturated/α-hetero) is 1. The summed E-state index contributed by atoms with van der Waals surface area (Å²) in [6, 6.07) is 9.09. The summed E-state index contributed by atoms with van der Waals surface area (Å²) >= 11 is 0. The quantitative estimate of drug-likeness (QED) is 0.839. The van der Waals surface area contributed by atoms with Crippen LogP contribution in [-0.2, 0) is 13.2 Å². The monoisotopic (exact) mass is 338 g/mol. The number of benzene rings is 1. The molecule has 1 saturated heterocycles. The Morgan fingerprint density at radius 1 is 1.32 bits per heavy atom. The van der Waals surface area contributed by atoms with Crippen molar-refractivity contribution >= 4 is 5.78 Å². The predicted molar refractivity (Wildman–Crippen MR) is 95.8 cm³/mol. The first-order chi connectivity index (χ1) is 12.1. The van der Waals surface area contributed by atoms with E-state index in [1.54, 1.807) is 18.2 Å². The van der Waals surface area contributed by atoms with E-state index in [9.17, 15) is 14.7 Å². The lowest BCUT2D eigenvalue weighted by Crippen LogP contribution is -2.45. The zero-order chi connectivity index (χ0) is 17.6. The van der Waals surface area contributed by atoms with Gasteiger partial charge in [0.1, 0.15) is 0 Å². The minimum absolute atomic E-state index is 0.0360. The molecule has 2 aromatic rings. The van der Waals surface area contributed by atoms with Gasteiger partial charge in [-0.1, -0.05) is 18.2 Å². The third-order valence-corrected chi connectivity index (χ3v) is 5.44. The average molecular weight is 338 g/mol. The Labute approximate surface area is 146 Å². The van der Waals surface area contributed by atoms with E-state index in [2.05, 4.69) is 5.32 Å². The molecule has 0 aliphatic carbocycles. The Morgan fingerprint density at radius 2 is 2.16 bits per heavy atom. The van der Waals surface area contributed by atoms with Crippen LogP contribution in [0, 0.1) is 5.92 Å². The highest BCUT2D eigenvalue weighted by Gasteiger charge is 2.32. The summed E-state index contributed by atoms with van der Waals surface area (Å²) in [6.07, 6.45) is 1.09. The number of fused-ring (bicyclic) bond motifs is 4. The number of carbonyl (C=O) groups is 1. The van der Waals surface area contributed by atoms with Crippen LogP contribution >= 0.6 is 0 Å². The zero-order valence-electron chi connectivity index (χ0n) is 14.3. The van der Waals surface area contributed by atoms with Crippen LogP contribution in [0.25, 0.3) is 11.1 Å². The number of hydrogen-bond acceptors (Lipinski definition) is 4. The van der Waals surface area contributed by atoms with E-state index < -0.39 is 0 Å². The summed E-state index contributed by atoms with van der Waals surface area (Å²) in [4.78, 5) is 24.9. The van der Waals surface area contributed by atoms with Gasteiger partial charge >= 0.3 is 0 Å². The van der Waals surface area contributed by atoms with Crippen LogP contribution < -0.4 is 10.9 Å². The van der Waals surface area contributed by atoms with E-state index in [4.69, 9.17) is 0 Å². The summed E-state index contributed by atoms with van der Waals surface area (Å²) < 4.78 is 1.88. The molecule has 2 aliphatic rings. The van der Waals surface area contributed by atoms with E-state index in [1.807, 2.05) is 16.7 Å².